The van der Waals surface area contributed by atoms with E-state index in [-0.39, 0.29) is 29.8 Å². The summed E-state index contributed by atoms with van der Waals surface area (Å²) in [6, 6.07) is 4.80. The average molecular weight is 253 g/mol. The predicted molar refractivity (Wildman–Crippen MR) is 68.0 cm³/mol. The highest BCUT2D eigenvalue weighted by Crippen LogP contribution is 2.30. The van der Waals surface area contributed by atoms with Crippen molar-refractivity contribution in [2.75, 3.05) is 6.61 Å². The van der Waals surface area contributed by atoms with Crippen LogP contribution in [0.25, 0.3) is 0 Å². The highest BCUT2D eigenvalue weighted by Gasteiger charge is 2.32. The van der Waals surface area contributed by atoms with Gasteiger partial charge in [-0.2, -0.15) is 0 Å². The van der Waals surface area contributed by atoms with E-state index in [0.29, 0.717) is 12.2 Å². The molecule has 3 nitrogen and oxygen atoms in total. The van der Waals surface area contributed by atoms with Gasteiger partial charge >= 0.3 is 0 Å². The van der Waals surface area contributed by atoms with Gasteiger partial charge in [-0.1, -0.05) is 12.1 Å². The Labute approximate surface area is 107 Å². The maximum atomic E-state index is 13.6. The van der Waals surface area contributed by atoms with E-state index < -0.39 is 0 Å². The summed E-state index contributed by atoms with van der Waals surface area (Å²) in [6.45, 7) is 4.75. The van der Waals surface area contributed by atoms with Crippen LogP contribution in [0, 0.1) is 5.82 Å². The zero-order chi connectivity index (χ0) is 13.2. The first-order valence-corrected chi connectivity index (χ1v) is 6.30. The molecule has 4 heteroatoms. The maximum Gasteiger partial charge on any atom is 0.165 e. The smallest absolute Gasteiger partial charge is 0.165 e. The van der Waals surface area contributed by atoms with Crippen molar-refractivity contribution in [1.29, 1.82) is 0 Å². The summed E-state index contributed by atoms with van der Waals surface area (Å²) < 4.78 is 25.0. The number of ether oxygens (including phenoxy) is 2. The molecule has 1 aliphatic rings. The minimum absolute atomic E-state index is 0.0326. The molecular weight excluding hydrogens is 233 g/mol. The van der Waals surface area contributed by atoms with Crippen LogP contribution in [-0.2, 0) is 11.3 Å². The van der Waals surface area contributed by atoms with Gasteiger partial charge in [0.25, 0.3) is 0 Å². The summed E-state index contributed by atoms with van der Waals surface area (Å²) in [5.41, 5.74) is 6.16. The summed E-state index contributed by atoms with van der Waals surface area (Å²) in [6.07, 6.45) is 1.98. The van der Waals surface area contributed by atoms with E-state index in [1.165, 1.54) is 6.07 Å². The first kappa shape index (κ1) is 13.3. The normalized spacial score (nSPS) is 22.1. The van der Waals surface area contributed by atoms with Gasteiger partial charge in [0.2, 0.25) is 0 Å². The van der Waals surface area contributed by atoms with E-state index in [4.69, 9.17) is 15.2 Å². The lowest BCUT2D eigenvalue weighted by Crippen LogP contribution is -2.24. The molecule has 18 heavy (non-hydrogen) atoms. The van der Waals surface area contributed by atoms with Crippen LogP contribution in [0.15, 0.2) is 18.2 Å². The molecule has 1 saturated heterocycles. The predicted octanol–water partition coefficient (Wildman–Crippen LogP) is 2.62. The topological polar surface area (TPSA) is 44.5 Å². The molecule has 1 unspecified atom stereocenters. The van der Waals surface area contributed by atoms with Crippen molar-refractivity contribution >= 4 is 0 Å². The number of hydrogen-bond donors (Lipinski definition) is 1. The number of benzene rings is 1. The Kier molecular flexibility index (Phi) is 3.88. The number of nitrogens with two attached hydrogens (primary N) is 1. The third-order valence-electron chi connectivity index (χ3n) is 3.24. The molecule has 0 spiro atoms. The minimum atomic E-state index is -0.366. The number of rotatable bonds is 4. The Morgan fingerprint density at radius 3 is 2.89 bits per heavy atom. The molecule has 100 valence electrons. The van der Waals surface area contributed by atoms with E-state index in [9.17, 15) is 4.39 Å². The average Bonchev–Trinajstić information content (AvgIpc) is 2.67. The van der Waals surface area contributed by atoms with Crippen LogP contribution in [0.2, 0.25) is 0 Å². The summed E-state index contributed by atoms with van der Waals surface area (Å²) in [5.74, 6) is -0.108. The van der Waals surface area contributed by atoms with E-state index in [1.807, 2.05) is 0 Å². The van der Waals surface area contributed by atoms with Gasteiger partial charge in [-0.25, -0.2) is 4.39 Å². The highest BCUT2D eigenvalue weighted by molar-refractivity contribution is 5.34. The second-order valence-corrected chi connectivity index (χ2v) is 5.28. The van der Waals surface area contributed by atoms with Crippen LogP contribution in [0.3, 0.4) is 0 Å². The fourth-order valence-electron chi connectivity index (χ4n) is 2.25. The van der Waals surface area contributed by atoms with Crippen LogP contribution in [0.4, 0.5) is 4.39 Å². The summed E-state index contributed by atoms with van der Waals surface area (Å²) in [7, 11) is 0. The molecule has 2 rings (SSSR count). The zero-order valence-electron chi connectivity index (χ0n) is 10.9. The molecule has 2 N–H and O–H groups in total. The summed E-state index contributed by atoms with van der Waals surface area (Å²) >= 11 is 0. The molecule has 1 fully saturated rings. The van der Waals surface area contributed by atoms with Crippen LogP contribution in [0.5, 0.6) is 5.75 Å². The van der Waals surface area contributed by atoms with Gasteiger partial charge in [0.1, 0.15) is 6.61 Å². The quantitative estimate of drug-likeness (QED) is 0.897. The third-order valence-corrected chi connectivity index (χ3v) is 3.24. The van der Waals surface area contributed by atoms with Gasteiger partial charge in [0.05, 0.1) is 11.7 Å². The Balaban J connectivity index is 1.98. The van der Waals surface area contributed by atoms with Crippen LogP contribution in [0.1, 0.15) is 32.3 Å². The molecule has 0 radical (unpaired) electrons. The number of hydrogen-bond acceptors (Lipinski definition) is 3. The van der Waals surface area contributed by atoms with Crippen molar-refractivity contribution in [3.8, 4) is 5.75 Å². The molecule has 0 saturated carbocycles. The Morgan fingerprint density at radius 1 is 1.50 bits per heavy atom. The van der Waals surface area contributed by atoms with Crippen molar-refractivity contribution in [2.45, 2.75) is 44.9 Å². The minimum Gasteiger partial charge on any atom is -0.487 e. The van der Waals surface area contributed by atoms with Crippen LogP contribution < -0.4 is 10.5 Å². The largest absolute Gasteiger partial charge is 0.487 e. The summed E-state index contributed by atoms with van der Waals surface area (Å²) in [5, 5.41) is 0. The van der Waals surface area contributed by atoms with E-state index >= 15 is 0 Å². The van der Waals surface area contributed by atoms with E-state index in [0.717, 1.165) is 12.8 Å². The molecule has 0 bridgehead atoms. The Bertz CT molecular complexity index is 420. The van der Waals surface area contributed by atoms with E-state index in [2.05, 4.69) is 13.8 Å². The molecule has 0 amide bonds. The van der Waals surface area contributed by atoms with E-state index in [1.54, 1.807) is 12.1 Å². The second-order valence-electron chi connectivity index (χ2n) is 5.28. The fourth-order valence-corrected chi connectivity index (χ4v) is 2.25. The first-order valence-electron chi connectivity index (χ1n) is 6.30. The molecular formula is C14H20FNO2. The highest BCUT2D eigenvalue weighted by atomic mass is 19.1. The van der Waals surface area contributed by atoms with Gasteiger partial charge in [0.15, 0.2) is 11.6 Å². The molecule has 1 heterocycles. The van der Waals surface area contributed by atoms with Gasteiger partial charge < -0.3 is 15.2 Å². The fraction of sp³-hybridized carbons (Fsp3) is 0.571. The number of halogens is 1. The van der Waals surface area contributed by atoms with Crippen LogP contribution in [-0.4, -0.2) is 18.3 Å². The number of para-hydroxylation sites is 1. The first-order chi connectivity index (χ1) is 8.52. The lowest BCUT2D eigenvalue weighted by molar-refractivity contribution is -0.0331. The monoisotopic (exact) mass is 253 g/mol. The molecule has 0 aromatic heterocycles. The standard InChI is InChI=1S/C14H20FNO2/c1-14(2)7-6-11(18-14)9-17-13-10(8-16)4-3-5-12(13)15/h3-5,11H,6-9,16H2,1-2H3. The van der Waals surface area contributed by atoms with Crippen molar-refractivity contribution in [3.05, 3.63) is 29.6 Å². The Hall–Kier alpha value is -1.13. The third kappa shape index (κ3) is 3.00. The molecule has 1 aromatic carbocycles. The maximum absolute atomic E-state index is 13.6. The Morgan fingerprint density at radius 2 is 2.28 bits per heavy atom. The van der Waals surface area contributed by atoms with Crippen molar-refractivity contribution in [1.82, 2.24) is 0 Å². The van der Waals surface area contributed by atoms with Crippen LogP contribution >= 0.6 is 0 Å². The molecule has 0 aliphatic carbocycles. The summed E-state index contributed by atoms with van der Waals surface area (Å²) in [4.78, 5) is 0. The SMILES string of the molecule is CC1(C)CCC(COc2c(F)cccc2CN)O1. The molecule has 1 aromatic rings. The second kappa shape index (κ2) is 5.24. The van der Waals surface area contributed by atoms with Crippen molar-refractivity contribution < 1.29 is 13.9 Å². The zero-order valence-corrected chi connectivity index (χ0v) is 10.9. The lowest BCUT2D eigenvalue weighted by Gasteiger charge is -2.20. The lowest BCUT2D eigenvalue weighted by atomic mass is 10.1. The van der Waals surface area contributed by atoms with Gasteiger partial charge in [-0.15, -0.1) is 0 Å². The van der Waals surface area contributed by atoms with Gasteiger partial charge in [0, 0.05) is 12.1 Å². The van der Waals surface area contributed by atoms with Crippen molar-refractivity contribution in [3.63, 3.8) is 0 Å². The van der Waals surface area contributed by atoms with Gasteiger partial charge in [-0.3, -0.25) is 0 Å². The van der Waals surface area contributed by atoms with Gasteiger partial charge in [-0.05, 0) is 32.8 Å². The molecule has 1 atom stereocenters. The molecule has 1 aliphatic heterocycles. The van der Waals surface area contributed by atoms with Crippen molar-refractivity contribution in [2.24, 2.45) is 5.73 Å².